The summed E-state index contributed by atoms with van der Waals surface area (Å²) in [6.07, 6.45) is 0. The van der Waals surface area contributed by atoms with Crippen LogP contribution in [0.3, 0.4) is 0 Å². The van der Waals surface area contributed by atoms with Gasteiger partial charge in [-0.25, -0.2) is 14.0 Å². The number of rotatable bonds is 8. The van der Waals surface area contributed by atoms with Crippen LogP contribution in [0.2, 0.25) is 0 Å². The predicted molar refractivity (Wildman–Crippen MR) is 146 cm³/mol. The van der Waals surface area contributed by atoms with E-state index in [1.54, 1.807) is 43.1 Å². The Balaban J connectivity index is 1.64. The van der Waals surface area contributed by atoms with Crippen molar-refractivity contribution in [1.82, 2.24) is 20.0 Å². The van der Waals surface area contributed by atoms with Crippen molar-refractivity contribution < 1.29 is 33.0 Å². The molecule has 2 aliphatic rings. The monoisotopic (exact) mass is 554 g/mol. The molecule has 0 bridgehead atoms. The van der Waals surface area contributed by atoms with Crippen molar-refractivity contribution in [3.05, 3.63) is 70.7 Å². The van der Waals surface area contributed by atoms with Gasteiger partial charge in [-0.3, -0.25) is 14.6 Å². The van der Waals surface area contributed by atoms with E-state index in [0.717, 1.165) is 0 Å². The van der Waals surface area contributed by atoms with Gasteiger partial charge in [-0.15, -0.1) is 0 Å². The lowest BCUT2D eigenvalue weighted by Gasteiger charge is -2.42. The van der Waals surface area contributed by atoms with Gasteiger partial charge in [0.05, 0.1) is 32.4 Å². The van der Waals surface area contributed by atoms with Crippen molar-refractivity contribution in [3.8, 4) is 11.5 Å². The van der Waals surface area contributed by atoms with Crippen LogP contribution in [0.1, 0.15) is 35.8 Å². The SMILES string of the molecule is CCOC(=O)C1=C(CN2CCN(C(=O)c3cccc(F)c3)[C@@H](C)C2)N(C)C(=O)N[C@H]1c1cc(OC)cc(OC)c1. The fourth-order valence-electron chi connectivity index (χ4n) is 5.12. The minimum Gasteiger partial charge on any atom is -0.497 e. The van der Waals surface area contributed by atoms with Gasteiger partial charge in [0, 0.05) is 56.6 Å². The van der Waals surface area contributed by atoms with Crippen LogP contribution in [-0.2, 0) is 9.53 Å². The van der Waals surface area contributed by atoms with Crippen LogP contribution in [0.15, 0.2) is 53.7 Å². The number of ether oxygens (including phenoxy) is 3. The van der Waals surface area contributed by atoms with E-state index in [-0.39, 0.29) is 31.1 Å². The molecule has 2 heterocycles. The second kappa shape index (κ2) is 12.4. The van der Waals surface area contributed by atoms with E-state index in [2.05, 4.69) is 10.2 Å². The summed E-state index contributed by atoms with van der Waals surface area (Å²) in [6, 6.07) is 9.51. The fourth-order valence-corrected chi connectivity index (χ4v) is 5.12. The molecule has 214 valence electrons. The molecule has 1 fully saturated rings. The Hall–Kier alpha value is -4.12. The molecule has 2 aliphatic heterocycles. The quantitative estimate of drug-likeness (QED) is 0.500. The summed E-state index contributed by atoms with van der Waals surface area (Å²) in [4.78, 5) is 44.8. The number of nitrogens with one attached hydrogen (secondary N) is 1. The number of methoxy groups -OCH3 is 2. The molecule has 3 amide bonds. The van der Waals surface area contributed by atoms with E-state index < -0.39 is 17.8 Å². The Morgan fingerprint density at radius 2 is 1.77 bits per heavy atom. The van der Waals surface area contributed by atoms with Gasteiger partial charge in [0.25, 0.3) is 5.91 Å². The highest BCUT2D eigenvalue weighted by Gasteiger charge is 2.39. The minimum atomic E-state index is -0.796. The van der Waals surface area contributed by atoms with E-state index >= 15 is 0 Å². The first-order chi connectivity index (χ1) is 19.2. The van der Waals surface area contributed by atoms with Crippen LogP contribution in [0.4, 0.5) is 9.18 Å². The normalized spacial score (nSPS) is 19.8. The number of esters is 1. The third-order valence-electron chi connectivity index (χ3n) is 7.20. The summed E-state index contributed by atoms with van der Waals surface area (Å²) in [5.41, 5.74) is 1.72. The number of piperazine rings is 1. The lowest BCUT2D eigenvalue weighted by molar-refractivity contribution is -0.139. The Morgan fingerprint density at radius 3 is 2.38 bits per heavy atom. The van der Waals surface area contributed by atoms with Gasteiger partial charge < -0.3 is 24.4 Å². The first-order valence-electron chi connectivity index (χ1n) is 13.1. The number of hydrogen-bond donors (Lipinski definition) is 1. The number of likely N-dealkylation sites (N-methyl/N-ethyl adjacent to an activating group) is 1. The number of hydrogen-bond acceptors (Lipinski definition) is 7. The molecule has 0 spiro atoms. The van der Waals surface area contributed by atoms with E-state index in [9.17, 15) is 18.8 Å². The standard InChI is InChI=1S/C29H35FN4O6/c1-6-40-28(36)25-24(32(3)29(37)31-26(25)20-13-22(38-4)15-23(14-20)39-5)17-33-10-11-34(18(2)16-33)27(35)19-8-7-9-21(30)12-19/h7-9,12-15,18,26H,6,10-11,16-17H2,1-5H3,(H,31,37)/t18-,26-/m0/s1. The zero-order chi connectivity index (χ0) is 29.0. The topological polar surface area (TPSA) is 101 Å². The third kappa shape index (κ3) is 6.04. The average Bonchev–Trinajstić information content (AvgIpc) is 2.94. The lowest BCUT2D eigenvalue weighted by atomic mass is 9.93. The fraction of sp³-hybridized carbons (Fsp3) is 0.414. The minimum absolute atomic E-state index is 0.166. The van der Waals surface area contributed by atoms with Crippen LogP contribution in [0.5, 0.6) is 11.5 Å². The zero-order valence-electron chi connectivity index (χ0n) is 23.4. The highest BCUT2D eigenvalue weighted by molar-refractivity contribution is 5.95. The number of carbonyl (C=O) groups is 3. The number of urea groups is 1. The molecule has 0 saturated carbocycles. The summed E-state index contributed by atoms with van der Waals surface area (Å²) in [7, 11) is 4.66. The smallest absolute Gasteiger partial charge is 0.338 e. The Kier molecular flexibility index (Phi) is 8.93. The van der Waals surface area contributed by atoms with E-state index in [1.165, 1.54) is 37.3 Å². The average molecular weight is 555 g/mol. The van der Waals surface area contributed by atoms with Gasteiger partial charge in [0.2, 0.25) is 0 Å². The van der Waals surface area contributed by atoms with Crippen molar-refractivity contribution in [2.24, 2.45) is 0 Å². The van der Waals surface area contributed by atoms with Crippen LogP contribution in [-0.4, -0.2) is 92.7 Å². The largest absolute Gasteiger partial charge is 0.497 e. The molecule has 1 N–H and O–H groups in total. The first kappa shape index (κ1) is 28.9. The van der Waals surface area contributed by atoms with Gasteiger partial charge in [-0.1, -0.05) is 6.07 Å². The van der Waals surface area contributed by atoms with E-state index in [1.807, 2.05) is 6.92 Å². The summed E-state index contributed by atoms with van der Waals surface area (Å²) < 4.78 is 30.0. The van der Waals surface area contributed by atoms with Gasteiger partial charge in [0.1, 0.15) is 17.3 Å². The van der Waals surface area contributed by atoms with Gasteiger partial charge in [-0.05, 0) is 49.7 Å². The molecule has 0 aliphatic carbocycles. The number of nitrogens with zero attached hydrogens (tertiary/aromatic N) is 3. The summed E-state index contributed by atoms with van der Waals surface area (Å²) in [5, 5.41) is 2.91. The summed E-state index contributed by atoms with van der Waals surface area (Å²) in [6.45, 7) is 5.49. The highest BCUT2D eigenvalue weighted by Crippen LogP contribution is 2.35. The van der Waals surface area contributed by atoms with E-state index in [0.29, 0.717) is 53.5 Å². The molecule has 0 unspecified atom stereocenters. The molecule has 2 atom stereocenters. The molecule has 10 nitrogen and oxygen atoms in total. The molecular weight excluding hydrogens is 519 g/mol. The van der Waals surface area contributed by atoms with Crippen molar-refractivity contribution in [3.63, 3.8) is 0 Å². The molecule has 2 aromatic carbocycles. The number of halogens is 1. The van der Waals surface area contributed by atoms with Crippen molar-refractivity contribution in [2.75, 3.05) is 54.1 Å². The molecular formula is C29H35FN4O6. The van der Waals surface area contributed by atoms with Crippen LogP contribution < -0.4 is 14.8 Å². The highest BCUT2D eigenvalue weighted by atomic mass is 19.1. The molecule has 4 rings (SSSR count). The van der Waals surface area contributed by atoms with Gasteiger partial charge >= 0.3 is 12.0 Å². The Labute approximate surface area is 233 Å². The van der Waals surface area contributed by atoms with Crippen LogP contribution >= 0.6 is 0 Å². The summed E-state index contributed by atoms with van der Waals surface area (Å²) >= 11 is 0. The van der Waals surface area contributed by atoms with Gasteiger partial charge in [-0.2, -0.15) is 0 Å². The third-order valence-corrected chi connectivity index (χ3v) is 7.20. The van der Waals surface area contributed by atoms with Crippen LogP contribution in [0.25, 0.3) is 0 Å². The van der Waals surface area contributed by atoms with Gasteiger partial charge in [0.15, 0.2) is 0 Å². The Morgan fingerprint density at radius 1 is 1.07 bits per heavy atom. The predicted octanol–water partition coefficient (Wildman–Crippen LogP) is 3.20. The maximum absolute atomic E-state index is 13.7. The first-order valence-corrected chi connectivity index (χ1v) is 13.1. The summed E-state index contributed by atoms with van der Waals surface area (Å²) in [5.74, 6) is -0.207. The maximum Gasteiger partial charge on any atom is 0.338 e. The molecule has 40 heavy (non-hydrogen) atoms. The number of carbonyl (C=O) groups excluding carboxylic acids is 3. The van der Waals surface area contributed by atoms with Crippen molar-refractivity contribution >= 4 is 17.9 Å². The number of benzene rings is 2. The molecule has 0 aromatic heterocycles. The molecule has 0 radical (unpaired) electrons. The van der Waals surface area contributed by atoms with Crippen molar-refractivity contribution in [1.29, 1.82) is 0 Å². The molecule has 11 heteroatoms. The van der Waals surface area contributed by atoms with Crippen molar-refractivity contribution in [2.45, 2.75) is 25.9 Å². The van der Waals surface area contributed by atoms with E-state index in [4.69, 9.17) is 14.2 Å². The molecule has 1 saturated heterocycles. The maximum atomic E-state index is 13.7. The zero-order valence-corrected chi connectivity index (χ0v) is 23.4. The molecule has 2 aromatic rings. The van der Waals surface area contributed by atoms with Crippen LogP contribution in [0, 0.1) is 5.82 Å². The second-order valence-corrected chi connectivity index (χ2v) is 9.76. The Bertz CT molecular complexity index is 1290. The lowest BCUT2D eigenvalue weighted by Crippen LogP contribution is -2.56. The number of amides is 3. The second-order valence-electron chi connectivity index (χ2n) is 9.76.